The fourth-order valence-electron chi connectivity index (χ4n) is 2.15. The van der Waals surface area contributed by atoms with E-state index < -0.39 is 0 Å². The third-order valence-electron chi connectivity index (χ3n) is 2.91. The summed E-state index contributed by atoms with van der Waals surface area (Å²) in [5.74, 6) is 0.440. The Morgan fingerprint density at radius 1 is 1.27 bits per heavy atom. The van der Waals surface area contributed by atoms with Gasteiger partial charge in [0, 0.05) is 5.02 Å². The van der Waals surface area contributed by atoms with Crippen LogP contribution in [0.1, 0.15) is 18.4 Å². The molecular weight excluding hydrogens is 213 g/mol. The van der Waals surface area contributed by atoms with Gasteiger partial charge >= 0.3 is 0 Å². The average Bonchev–Trinajstić information content (AvgIpc) is 2.17. The van der Waals surface area contributed by atoms with Crippen molar-refractivity contribution in [3.63, 3.8) is 0 Å². The lowest BCUT2D eigenvalue weighted by Crippen LogP contribution is -2.28. The third-order valence-corrected chi connectivity index (χ3v) is 3.12. The van der Waals surface area contributed by atoms with E-state index >= 15 is 0 Å². The van der Waals surface area contributed by atoms with E-state index in [4.69, 9.17) is 11.6 Å². The molecule has 0 saturated carbocycles. The summed E-state index contributed by atoms with van der Waals surface area (Å²) in [4.78, 5) is 0. The highest BCUT2D eigenvalue weighted by molar-refractivity contribution is 6.30. The van der Waals surface area contributed by atoms with Crippen molar-refractivity contribution in [2.45, 2.75) is 19.3 Å². The third kappa shape index (κ3) is 3.18. The van der Waals surface area contributed by atoms with Gasteiger partial charge in [-0.15, -0.1) is 0 Å². The number of hydrogen-bond donors (Lipinski definition) is 1. The van der Waals surface area contributed by atoms with Gasteiger partial charge < -0.3 is 5.32 Å². The highest BCUT2D eigenvalue weighted by atomic mass is 35.5. The van der Waals surface area contributed by atoms with Gasteiger partial charge in [0.15, 0.2) is 0 Å². The molecule has 1 aliphatic heterocycles. The number of rotatable bonds is 2. The van der Waals surface area contributed by atoms with E-state index in [1.807, 2.05) is 6.07 Å². The topological polar surface area (TPSA) is 12.0 Å². The van der Waals surface area contributed by atoms with Gasteiger partial charge in [-0.3, -0.25) is 0 Å². The maximum atomic E-state index is 13.1. The van der Waals surface area contributed by atoms with E-state index in [-0.39, 0.29) is 5.82 Å². The zero-order chi connectivity index (χ0) is 10.7. The van der Waals surface area contributed by atoms with Crippen LogP contribution in [0.25, 0.3) is 0 Å². The Morgan fingerprint density at radius 3 is 2.67 bits per heavy atom. The number of benzene rings is 1. The second-order valence-electron chi connectivity index (χ2n) is 4.18. The second kappa shape index (κ2) is 4.95. The molecule has 0 unspecified atom stereocenters. The van der Waals surface area contributed by atoms with Crippen LogP contribution < -0.4 is 5.32 Å². The van der Waals surface area contributed by atoms with Gasteiger partial charge in [-0.1, -0.05) is 11.6 Å². The molecule has 2 rings (SSSR count). The van der Waals surface area contributed by atoms with Gasteiger partial charge in [-0.2, -0.15) is 0 Å². The quantitative estimate of drug-likeness (QED) is 0.819. The largest absolute Gasteiger partial charge is 0.317 e. The van der Waals surface area contributed by atoms with E-state index in [0.29, 0.717) is 10.9 Å². The molecule has 1 saturated heterocycles. The molecule has 0 aromatic heterocycles. The molecule has 1 aromatic rings. The molecular formula is C12H15ClFN. The smallest absolute Gasteiger partial charge is 0.124 e. The molecule has 3 heteroatoms. The van der Waals surface area contributed by atoms with Gasteiger partial charge in [-0.25, -0.2) is 4.39 Å². The highest BCUT2D eigenvalue weighted by Gasteiger charge is 2.13. The van der Waals surface area contributed by atoms with Crippen molar-refractivity contribution in [3.05, 3.63) is 34.6 Å². The zero-order valence-electron chi connectivity index (χ0n) is 8.60. The van der Waals surface area contributed by atoms with Crippen molar-refractivity contribution in [3.8, 4) is 0 Å². The Hall–Kier alpha value is -0.600. The molecule has 0 atom stereocenters. The van der Waals surface area contributed by atoms with Gasteiger partial charge in [-0.05, 0) is 62.0 Å². The standard InChI is InChI=1S/C12H15ClFN/c13-11-6-10(7-12(14)8-11)5-9-1-3-15-4-2-9/h6-9,15H,1-5H2. The number of nitrogens with one attached hydrogen (secondary N) is 1. The van der Waals surface area contributed by atoms with E-state index in [2.05, 4.69) is 5.32 Å². The lowest BCUT2D eigenvalue weighted by atomic mass is 9.91. The van der Waals surface area contributed by atoms with Crippen LogP contribution in [0.4, 0.5) is 4.39 Å². The van der Waals surface area contributed by atoms with Crippen molar-refractivity contribution in [2.24, 2.45) is 5.92 Å². The molecule has 0 radical (unpaired) electrons. The monoisotopic (exact) mass is 227 g/mol. The molecule has 1 fully saturated rings. The van der Waals surface area contributed by atoms with Crippen LogP contribution in [-0.4, -0.2) is 13.1 Å². The number of piperidine rings is 1. The maximum absolute atomic E-state index is 13.1. The van der Waals surface area contributed by atoms with Gasteiger partial charge in [0.05, 0.1) is 0 Å². The molecule has 15 heavy (non-hydrogen) atoms. The van der Waals surface area contributed by atoms with Crippen LogP contribution in [0.5, 0.6) is 0 Å². The predicted octanol–water partition coefficient (Wildman–Crippen LogP) is 3.02. The van der Waals surface area contributed by atoms with Crippen molar-refractivity contribution >= 4 is 11.6 Å². The molecule has 1 aromatic carbocycles. The minimum atomic E-state index is -0.230. The molecule has 0 bridgehead atoms. The fraction of sp³-hybridized carbons (Fsp3) is 0.500. The zero-order valence-corrected chi connectivity index (χ0v) is 9.36. The van der Waals surface area contributed by atoms with Crippen LogP contribution in [-0.2, 0) is 6.42 Å². The summed E-state index contributed by atoms with van der Waals surface area (Å²) in [5, 5.41) is 3.82. The van der Waals surface area contributed by atoms with E-state index in [0.717, 1.165) is 25.1 Å². The molecule has 0 amide bonds. The molecule has 1 aliphatic rings. The second-order valence-corrected chi connectivity index (χ2v) is 4.61. The van der Waals surface area contributed by atoms with E-state index in [9.17, 15) is 4.39 Å². The first kappa shape index (κ1) is 10.9. The molecule has 1 heterocycles. The van der Waals surface area contributed by atoms with Gasteiger partial charge in [0.1, 0.15) is 5.82 Å². The highest BCUT2D eigenvalue weighted by Crippen LogP contribution is 2.21. The van der Waals surface area contributed by atoms with Crippen LogP contribution in [0.15, 0.2) is 18.2 Å². The van der Waals surface area contributed by atoms with Gasteiger partial charge in [0.2, 0.25) is 0 Å². The lowest BCUT2D eigenvalue weighted by molar-refractivity contribution is 0.372. The number of halogens is 2. The SMILES string of the molecule is Fc1cc(Cl)cc(CC2CCNCC2)c1. The van der Waals surface area contributed by atoms with E-state index in [1.54, 1.807) is 6.07 Å². The Bertz CT molecular complexity index is 314. The summed E-state index contributed by atoms with van der Waals surface area (Å²) in [7, 11) is 0. The van der Waals surface area contributed by atoms with Crippen molar-refractivity contribution < 1.29 is 4.39 Å². The van der Waals surface area contributed by atoms with Crippen LogP contribution in [0.2, 0.25) is 5.02 Å². The fourth-order valence-corrected chi connectivity index (χ4v) is 2.39. The summed E-state index contributed by atoms with van der Waals surface area (Å²) in [6.07, 6.45) is 3.29. The van der Waals surface area contributed by atoms with Gasteiger partial charge in [0.25, 0.3) is 0 Å². The predicted molar refractivity (Wildman–Crippen MR) is 60.7 cm³/mol. The van der Waals surface area contributed by atoms with Crippen molar-refractivity contribution in [1.29, 1.82) is 0 Å². The first-order valence-electron chi connectivity index (χ1n) is 5.40. The minimum Gasteiger partial charge on any atom is -0.317 e. The summed E-state index contributed by atoms with van der Waals surface area (Å²) in [6.45, 7) is 2.15. The molecule has 0 aliphatic carbocycles. The Morgan fingerprint density at radius 2 is 2.00 bits per heavy atom. The lowest BCUT2D eigenvalue weighted by Gasteiger charge is -2.22. The summed E-state index contributed by atoms with van der Waals surface area (Å²) in [5.41, 5.74) is 1.02. The molecule has 1 nitrogen and oxygen atoms in total. The summed E-state index contributed by atoms with van der Waals surface area (Å²) >= 11 is 5.82. The molecule has 82 valence electrons. The normalized spacial score (nSPS) is 18.0. The van der Waals surface area contributed by atoms with E-state index in [1.165, 1.54) is 18.9 Å². The van der Waals surface area contributed by atoms with Crippen LogP contribution in [0, 0.1) is 11.7 Å². The Kier molecular flexibility index (Phi) is 3.60. The Balaban J connectivity index is 2.02. The first-order valence-corrected chi connectivity index (χ1v) is 5.77. The van der Waals surface area contributed by atoms with Crippen molar-refractivity contribution in [1.82, 2.24) is 5.32 Å². The first-order chi connectivity index (χ1) is 7.24. The minimum absolute atomic E-state index is 0.230. The van der Waals surface area contributed by atoms with Crippen molar-refractivity contribution in [2.75, 3.05) is 13.1 Å². The average molecular weight is 228 g/mol. The summed E-state index contributed by atoms with van der Waals surface area (Å²) in [6, 6.07) is 4.81. The van der Waals surface area contributed by atoms with Crippen LogP contribution in [0.3, 0.4) is 0 Å². The number of hydrogen-bond acceptors (Lipinski definition) is 1. The Labute approximate surface area is 94.6 Å². The van der Waals surface area contributed by atoms with Crippen LogP contribution >= 0.6 is 11.6 Å². The summed E-state index contributed by atoms with van der Waals surface area (Å²) < 4.78 is 13.1. The molecule has 0 spiro atoms. The molecule has 1 N–H and O–H groups in total. The maximum Gasteiger partial charge on any atom is 0.124 e.